The van der Waals surface area contributed by atoms with Gasteiger partial charge in [-0.1, -0.05) is 15.9 Å². The lowest BCUT2D eigenvalue weighted by Crippen LogP contribution is -1.92. The summed E-state index contributed by atoms with van der Waals surface area (Å²) < 4.78 is 19.5. The predicted octanol–water partition coefficient (Wildman–Crippen LogP) is 3.27. The Morgan fingerprint density at radius 3 is 2.88 bits per heavy atom. The Labute approximate surface area is 106 Å². The van der Waals surface area contributed by atoms with E-state index in [-0.39, 0.29) is 12.4 Å². The molecule has 5 heteroatoms. The summed E-state index contributed by atoms with van der Waals surface area (Å²) in [7, 11) is 0. The molecule has 0 amide bonds. The van der Waals surface area contributed by atoms with Crippen LogP contribution in [-0.4, -0.2) is 10.1 Å². The van der Waals surface area contributed by atoms with Gasteiger partial charge in [-0.3, -0.25) is 4.98 Å². The summed E-state index contributed by atoms with van der Waals surface area (Å²) in [5.41, 5.74) is 0.470. The Morgan fingerprint density at radius 1 is 1.29 bits per heavy atom. The molecule has 2 rings (SSSR count). The first-order chi connectivity index (χ1) is 8.19. The lowest BCUT2D eigenvalue weighted by molar-refractivity contribution is 0.276. The fraction of sp³-hybridized carbons (Fsp3) is 0.0833. The number of hydrogen-bond donors (Lipinski definition) is 1. The Hall–Kier alpha value is -1.46. The molecule has 0 atom stereocenters. The molecule has 3 nitrogen and oxygen atoms in total. The zero-order valence-corrected chi connectivity index (χ0v) is 10.3. The number of aliphatic hydroxyl groups is 1. The molecule has 88 valence electrons. The zero-order valence-electron chi connectivity index (χ0n) is 8.73. The van der Waals surface area contributed by atoms with Crippen molar-refractivity contribution >= 4 is 15.9 Å². The molecule has 0 saturated heterocycles. The number of ether oxygens (including phenoxy) is 1. The molecule has 0 bridgehead atoms. The first-order valence-corrected chi connectivity index (χ1v) is 5.67. The van der Waals surface area contributed by atoms with E-state index in [4.69, 9.17) is 9.84 Å². The second-order valence-electron chi connectivity index (χ2n) is 3.32. The molecule has 1 aromatic carbocycles. The topological polar surface area (TPSA) is 42.4 Å². The van der Waals surface area contributed by atoms with Crippen molar-refractivity contribution < 1.29 is 14.2 Å². The largest absolute Gasteiger partial charge is 0.454 e. The summed E-state index contributed by atoms with van der Waals surface area (Å²) in [5.74, 6) is 0.103. The fourth-order valence-electron chi connectivity index (χ4n) is 1.29. The van der Waals surface area contributed by atoms with Crippen LogP contribution >= 0.6 is 15.9 Å². The van der Waals surface area contributed by atoms with Gasteiger partial charge in [-0.05, 0) is 24.3 Å². The van der Waals surface area contributed by atoms with Gasteiger partial charge in [-0.15, -0.1) is 0 Å². The van der Waals surface area contributed by atoms with Crippen molar-refractivity contribution in [3.05, 3.63) is 52.5 Å². The quantitative estimate of drug-likeness (QED) is 0.945. The van der Waals surface area contributed by atoms with E-state index in [0.29, 0.717) is 11.4 Å². The van der Waals surface area contributed by atoms with Gasteiger partial charge >= 0.3 is 0 Å². The number of aliphatic hydroxyl groups excluding tert-OH is 1. The van der Waals surface area contributed by atoms with Crippen molar-refractivity contribution in [3.63, 3.8) is 0 Å². The van der Waals surface area contributed by atoms with Crippen LogP contribution in [0.3, 0.4) is 0 Å². The van der Waals surface area contributed by atoms with Gasteiger partial charge in [-0.25, -0.2) is 4.39 Å². The number of pyridine rings is 1. The van der Waals surface area contributed by atoms with Gasteiger partial charge in [0.05, 0.1) is 12.3 Å². The van der Waals surface area contributed by atoms with Crippen molar-refractivity contribution in [2.24, 2.45) is 0 Å². The van der Waals surface area contributed by atoms with Gasteiger partial charge in [0.25, 0.3) is 0 Å². The third-order valence-electron chi connectivity index (χ3n) is 2.07. The van der Waals surface area contributed by atoms with E-state index in [1.807, 2.05) is 0 Å². The molecular formula is C12H9BrFNO2. The monoisotopic (exact) mass is 297 g/mol. The van der Waals surface area contributed by atoms with Gasteiger partial charge in [0.15, 0.2) is 11.6 Å². The van der Waals surface area contributed by atoms with Crippen molar-refractivity contribution in [3.8, 4) is 11.5 Å². The molecule has 0 saturated carbocycles. The maximum Gasteiger partial charge on any atom is 0.165 e. The lowest BCUT2D eigenvalue weighted by Gasteiger charge is -2.07. The van der Waals surface area contributed by atoms with E-state index in [2.05, 4.69) is 20.9 Å². The van der Waals surface area contributed by atoms with Crippen LogP contribution in [-0.2, 0) is 6.61 Å². The summed E-state index contributed by atoms with van der Waals surface area (Å²) >= 11 is 3.24. The fourth-order valence-corrected chi connectivity index (χ4v) is 1.63. The van der Waals surface area contributed by atoms with E-state index in [9.17, 15) is 4.39 Å². The van der Waals surface area contributed by atoms with Crippen molar-refractivity contribution in [2.75, 3.05) is 0 Å². The van der Waals surface area contributed by atoms with E-state index in [1.165, 1.54) is 18.3 Å². The number of rotatable bonds is 3. The average Bonchev–Trinajstić information content (AvgIpc) is 2.34. The number of halogens is 2. The van der Waals surface area contributed by atoms with Crippen LogP contribution < -0.4 is 4.74 Å². The van der Waals surface area contributed by atoms with Crippen LogP contribution in [0.1, 0.15) is 5.69 Å². The maximum absolute atomic E-state index is 13.4. The van der Waals surface area contributed by atoms with Gasteiger partial charge in [0.1, 0.15) is 5.75 Å². The molecule has 0 radical (unpaired) electrons. The van der Waals surface area contributed by atoms with E-state index in [1.54, 1.807) is 18.2 Å². The smallest absolute Gasteiger partial charge is 0.165 e. The Morgan fingerprint density at radius 2 is 2.12 bits per heavy atom. The summed E-state index contributed by atoms with van der Waals surface area (Å²) in [6, 6.07) is 7.59. The van der Waals surface area contributed by atoms with Crippen LogP contribution in [0.4, 0.5) is 4.39 Å². The standard InChI is InChI=1S/C12H9BrFNO2/c13-8-1-2-11(14)12(5-8)17-10-3-4-15-9(6-10)7-16/h1-6,16H,7H2. The second-order valence-corrected chi connectivity index (χ2v) is 4.23. The molecule has 0 unspecified atom stereocenters. The van der Waals surface area contributed by atoms with Crippen molar-refractivity contribution in [1.82, 2.24) is 4.98 Å². The van der Waals surface area contributed by atoms with Gasteiger partial charge < -0.3 is 9.84 Å². The summed E-state index contributed by atoms with van der Waals surface area (Å²) in [6.45, 7) is -0.182. The minimum absolute atomic E-state index is 0.120. The van der Waals surface area contributed by atoms with E-state index < -0.39 is 5.82 Å². The molecule has 0 fully saturated rings. The van der Waals surface area contributed by atoms with Crippen LogP contribution in [0.15, 0.2) is 41.0 Å². The van der Waals surface area contributed by atoms with Gasteiger partial charge in [-0.2, -0.15) is 0 Å². The second kappa shape index (κ2) is 5.25. The van der Waals surface area contributed by atoms with Crippen molar-refractivity contribution in [1.29, 1.82) is 0 Å². The molecule has 17 heavy (non-hydrogen) atoms. The molecule has 0 aliphatic heterocycles. The molecule has 0 spiro atoms. The van der Waals surface area contributed by atoms with Crippen LogP contribution in [0.25, 0.3) is 0 Å². The van der Waals surface area contributed by atoms with E-state index in [0.717, 1.165) is 4.47 Å². The highest BCUT2D eigenvalue weighted by molar-refractivity contribution is 9.10. The Kier molecular flexibility index (Phi) is 3.71. The molecule has 0 aliphatic rings. The molecule has 1 aromatic heterocycles. The van der Waals surface area contributed by atoms with Crippen LogP contribution in [0.5, 0.6) is 11.5 Å². The molecule has 2 aromatic rings. The lowest BCUT2D eigenvalue weighted by atomic mass is 10.3. The zero-order chi connectivity index (χ0) is 12.3. The highest BCUT2D eigenvalue weighted by Gasteiger charge is 2.06. The third kappa shape index (κ3) is 3.01. The summed E-state index contributed by atoms with van der Waals surface area (Å²) in [6.07, 6.45) is 1.50. The van der Waals surface area contributed by atoms with Gasteiger partial charge in [0.2, 0.25) is 0 Å². The number of nitrogens with zero attached hydrogens (tertiary/aromatic N) is 1. The first-order valence-electron chi connectivity index (χ1n) is 4.88. The molecule has 1 N–H and O–H groups in total. The number of benzene rings is 1. The molecule has 0 aliphatic carbocycles. The minimum Gasteiger partial charge on any atom is -0.454 e. The Bertz CT molecular complexity index is 534. The van der Waals surface area contributed by atoms with Gasteiger partial charge in [0, 0.05) is 16.7 Å². The maximum atomic E-state index is 13.4. The normalized spacial score (nSPS) is 10.3. The summed E-state index contributed by atoms with van der Waals surface area (Å²) in [5, 5.41) is 8.93. The molecular weight excluding hydrogens is 289 g/mol. The highest BCUT2D eigenvalue weighted by atomic mass is 79.9. The summed E-state index contributed by atoms with van der Waals surface area (Å²) in [4.78, 5) is 3.91. The average molecular weight is 298 g/mol. The minimum atomic E-state index is -0.449. The number of hydrogen-bond acceptors (Lipinski definition) is 3. The first kappa shape index (κ1) is 12.0. The van der Waals surface area contributed by atoms with Crippen LogP contribution in [0, 0.1) is 5.82 Å². The SMILES string of the molecule is OCc1cc(Oc2cc(Br)ccc2F)ccn1. The van der Waals surface area contributed by atoms with Crippen LogP contribution in [0.2, 0.25) is 0 Å². The number of aromatic nitrogens is 1. The third-order valence-corrected chi connectivity index (χ3v) is 2.56. The predicted molar refractivity (Wildman–Crippen MR) is 64.3 cm³/mol. The highest BCUT2D eigenvalue weighted by Crippen LogP contribution is 2.27. The Balaban J connectivity index is 2.27. The van der Waals surface area contributed by atoms with E-state index >= 15 is 0 Å². The van der Waals surface area contributed by atoms with Crippen molar-refractivity contribution in [2.45, 2.75) is 6.61 Å². The molecule has 1 heterocycles.